The summed E-state index contributed by atoms with van der Waals surface area (Å²) in [5.41, 5.74) is 7.66. The van der Waals surface area contributed by atoms with E-state index in [0.717, 1.165) is 17.5 Å². The Morgan fingerprint density at radius 2 is 0.886 bits per heavy atom. The number of esters is 4. The average molecular weight is 1220 g/mol. The van der Waals surface area contributed by atoms with Crippen LogP contribution in [0.5, 0.6) is 17.2 Å². The largest absolute Gasteiger partial charge is 0.508 e. The number of carbonyl (C=O) groups is 8. The molecule has 0 saturated heterocycles. The monoisotopic (exact) mass is 1220 g/mol. The minimum atomic E-state index is -1.67. The van der Waals surface area contributed by atoms with E-state index >= 15 is 0 Å². The molecular formula is C52H80Cl4N4O18S. The lowest BCUT2D eigenvalue weighted by Crippen LogP contribution is -2.31. The van der Waals surface area contributed by atoms with Gasteiger partial charge in [-0.05, 0) is 94.1 Å². The second-order valence-electron chi connectivity index (χ2n) is 14.6. The van der Waals surface area contributed by atoms with Crippen LogP contribution in [0, 0.1) is 0 Å². The zero-order valence-electron chi connectivity index (χ0n) is 45.9. The van der Waals surface area contributed by atoms with E-state index in [4.69, 9.17) is 55.8 Å². The summed E-state index contributed by atoms with van der Waals surface area (Å²) in [4.78, 5) is 86.5. The molecule has 3 aromatic rings. The highest BCUT2D eigenvalue weighted by atomic mass is 36.0. The van der Waals surface area contributed by atoms with E-state index in [0.29, 0.717) is 62.9 Å². The number of aliphatic hydroxyl groups is 2. The molecular weight excluding hydrogens is 1140 g/mol. The first kappa shape index (κ1) is 82.0. The van der Waals surface area contributed by atoms with Crippen LogP contribution in [-0.4, -0.2) is 139 Å². The molecule has 3 amide bonds. The van der Waals surface area contributed by atoms with Crippen molar-refractivity contribution < 1.29 is 86.3 Å². The summed E-state index contributed by atoms with van der Waals surface area (Å²) in [5, 5.41) is 34.0. The Balaban J connectivity index is -0.000000287. The molecule has 0 saturated carbocycles. The van der Waals surface area contributed by atoms with E-state index in [2.05, 4.69) is 53.7 Å². The van der Waals surface area contributed by atoms with Crippen molar-refractivity contribution in [2.24, 2.45) is 5.73 Å². The number of Topliss-reactive ketones (excluding diaryl/α,β-unsaturated/α-hetero) is 1. The number of aromatic hydroxyl groups is 1. The van der Waals surface area contributed by atoms with Crippen LogP contribution < -0.4 is 31.2 Å². The van der Waals surface area contributed by atoms with Crippen molar-refractivity contribution in [2.75, 3.05) is 71.7 Å². The summed E-state index contributed by atoms with van der Waals surface area (Å²) in [7, 11) is 7.36. The van der Waals surface area contributed by atoms with Gasteiger partial charge in [0.1, 0.15) is 28.9 Å². The Labute approximate surface area is 486 Å². The van der Waals surface area contributed by atoms with E-state index in [1.165, 1.54) is 6.07 Å². The van der Waals surface area contributed by atoms with Gasteiger partial charge in [-0.2, -0.15) is 0 Å². The Hall–Kier alpha value is -5.79. The average Bonchev–Trinajstić information content (AvgIpc) is 3.41. The number of aliphatic hydroxyl groups excluding tert-OH is 2. The molecule has 0 aliphatic rings. The molecule has 0 aliphatic heterocycles. The predicted molar refractivity (Wildman–Crippen MR) is 305 cm³/mol. The van der Waals surface area contributed by atoms with Crippen molar-refractivity contribution in [3.05, 3.63) is 89.5 Å². The zero-order chi connectivity index (χ0) is 59.9. The van der Waals surface area contributed by atoms with E-state index in [1.54, 1.807) is 77.1 Å². The van der Waals surface area contributed by atoms with Gasteiger partial charge in [-0.15, -0.1) is 24.0 Å². The lowest BCUT2D eigenvalue weighted by molar-refractivity contribution is -0.144. The summed E-state index contributed by atoms with van der Waals surface area (Å²) in [6.45, 7) is 14.8. The van der Waals surface area contributed by atoms with Gasteiger partial charge in [-0.3, -0.25) is 33.6 Å². The second-order valence-corrected chi connectivity index (χ2v) is 17.4. The fourth-order valence-corrected chi connectivity index (χ4v) is 4.75. The van der Waals surface area contributed by atoms with Gasteiger partial charge in [0.25, 0.3) is 11.8 Å². The van der Waals surface area contributed by atoms with Gasteiger partial charge in [0, 0.05) is 54.0 Å². The van der Waals surface area contributed by atoms with Crippen LogP contribution in [0.15, 0.2) is 72.8 Å². The number of hydrogen-bond acceptors (Lipinski definition) is 19. The minimum Gasteiger partial charge on any atom is -0.508 e. The number of hydrogen-bond donors (Lipinski definition) is 7. The Morgan fingerprint density at radius 3 is 1.19 bits per heavy atom. The van der Waals surface area contributed by atoms with Crippen LogP contribution in [0.25, 0.3) is 0 Å². The first-order chi connectivity index (χ1) is 37.1. The van der Waals surface area contributed by atoms with Crippen molar-refractivity contribution in [3.8, 4) is 17.2 Å². The van der Waals surface area contributed by atoms with Crippen molar-refractivity contribution in [3.63, 3.8) is 0 Å². The molecule has 0 radical (unpaired) electrons. The van der Waals surface area contributed by atoms with Crippen LogP contribution in [-0.2, 0) is 86.2 Å². The molecule has 8 N–H and O–H groups in total. The number of alkyl halides is 1. The van der Waals surface area contributed by atoms with E-state index in [1.807, 2.05) is 31.2 Å². The number of ether oxygens (including phenoxy) is 6. The molecule has 0 aliphatic carbocycles. The number of halogens is 4. The fourth-order valence-electron chi connectivity index (χ4n) is 4.65. The van der Waals surface area contributed by atoms with Crippen LogP contribution >= 0.6 is 45.4 Å². The predicted octanol–water partition coefficient (Wildman–Crippen LogP) is 5.85. The summed E-state index contributed by atoms with van der Waals surface area (Å²) < 4.78 is 38.4. The van der Waals surface area contributed by atoms with Gasteiger partial charge in [-0.1, -0.05) is 50.2 Å². The maximum Gasteiger partial charge on any atom is 0.307 e. The molecule has 22 nitrogen and oxygen atoms in total. The highest BCUT2D eigenvalue weighted by molar-refractivity contribution is 8.26. The number of nitrogens with two attached hydrogens (primary N) is 1. The molecule has 27 heteroatoms. The molecule has 0 bridgehead atoms. The molecule has 450 valence electrons. The SMILES string of the molecule is CCC(C)=O.CCOC(=O)CCN.CCOC(=O)CCNC(=O)CCl.CCOC(=O)CCNC(=O)COc1cccc(CC)c1.CCOC(=O)CCNC(=O)COc1cccc(CO)c1.Cl.O=S(Cl)Cl.OCc1cccc(O)c1. The molecule has 3 rings (SSSR count). The Morgan fingerprint density at radius 1 is 0.557 bits per heavy atom. The number of amides is 3. The maximum absolute atomic E-state index is 11.5. The maximum atomic E-state index is 11.5. The summed E-state index contributed by atoms with van der Waals surface area (Å²) in [6.07, 6.45) is 2.41. The van der Waals surface area contributed by atoms with E-state index in [9.17, 15) is 38.4 Å². The number of rotatable bonds is 26. The van der Waals surface area contributed by atoms with Crippen LogP contribution in [0.1, 0.15) is 97.3 Å². The first-order valence-electron chi connectivity index (χ1n) is 24.5. The number of benzene rings is 3. The molecule has 0 spiro atoms. The van der Waals surface area contributed by atoms with Gasteiger partial charge in [0.05, 0.1) is 65.3 Å². The zero-order valence-corrected chi connectivity index (χ0v) is 49.8. The molecule has 0 aromatic heterocycles. The highest BCUT2D eigenvalue weighted by Crippen LogP contribution is 2.14. The van der Waals surface area contributed by atoms with Gasteiger partial charge < -0.3 is 70.2 Å². The highest BCUT2D eigenvalue weighted by Gasteiger charge is 2.08. The first-order valence-corrected chi connectivity index (χ1v) is 27.8. The standard InChI is InChI=1S/C15H21NO4.C14H19NO5.C7H12ClNO3.C7H8O2.C5H11NO2.C4H8O.Cl2OS.ClH/c1-3-12-6-5-7-13(10-12)20-11-14(17)16-9-8-15(18)19-4-2;1-2-19-14(18)6-7-15-13(17)10-20-12-5-3-4-11(8-12)9-16;1-2-12-7(11)3-4-9-6(10)5-8;8-5-6-2-1-3-7(9)4-6;1-2-8-5(7)3-4-6;1-3-4(2)5;1-4(2)3;/h5-7,10H,3-4,8-9,11H2,1-2H3,(H,16,17);3-5,8,16H,2,6-7,9-10H2,1H3,(H,15,17);2-5H2,1H3,(H,9,10);1-4,8-9H,5H2;2-4,6H2,1H3;3H2,1-2H3;;1H. The van der Waals surface area contributed by atoms with Gasteiger partial charge in [0.15, 0.2) is 13.2 Å². The number of phenolic OH excluding ortho intramolecular Hbond substituents is 1. The van der Waals surface area contributed by atoms with Crippen molar-refractivity contribution in [1.29, 1.82) is 0 Å². The van der Waals surface area contributed by atoms with Crippen LogP contribution in [0.2, 0.25) is 0 Å². The van der Waals surface area contributed by atoms with Crippen LogP contribution in [0.4, 0.5) is 0 Å². The van der Waals surface area contributed by atoms with E-state index in [-0.39, 0.29) is 137 Å². The third-order valence-corrected chi connectivity index (χ3v) is 8.61. The second kappa shape index (κ2) is 58.4. The number of aryl methyl sites for hydroxylation is 1. The quantitative estimate of drug-likeness (QED) is 0.0214. The fraction of sp³-hybridized carbons (Fsp3) is 0.500. The summed E-state index contributed by atoms with van der Waals surface area (Å²) >= 11 is 5.20. The van der Waals surface area contributed by atoms with Gasteiger partial charge in [-0.25, -0.2) is 4.21 Å². The molecule has 79 heavy (non-hydrogen) atoms. The molecule has 0 fully saturated rings. The summed E-state index contributed by atoms with van der Waals surface area (Å²) in [5.74, 6) is -0.478. The smallest absolute Gasteiger partial charge is 0.307 e. The van der Waals surface area contributed by atoms with Crippen molar-refractivity contribution in [2.45, 2.75) is 100 Å². The van der Waals surface area contributed by atoms with E-state index < -0.39 is 9.23 Å². The normalized spacial score (nSPS) is 9.29. The number of ketones is 1. The molecule has 0 atom stereocenters. The molecule has 3 aromatic carbocycles. The Kier molecular flexibility index (Phi) is 60.6. The third kappa shape index (κ3) is 59.7. The number of phenols is 1. The van der Waals surface area contributed by atoms with Crippen molar-refractivity contribution in [1.82, 2.24) is 16.0 Å². The van der Waals surface area contributed by atoms with Crippen molar-refractivity contribution >= 4 is 102 Å². The number of nitrogens with one attached hydrogen (secondary N) is 3. The molecule has 0 heterocycles. The van der Waals surface area contributed by atoms with Gasteiger partial charge >= 0.3 is 23.9 Å². The minimum absolute atomic E-state index is 0. The van der Waals surface area contributed by atoms with Gasteiger partial charge in [0.2, 0.25) is 15.1 Å². The topological polar surface area (TPSA) is 332 Å². The summed E-state index contributed by atoms with van der Waals surface area (Å²) in [6, 6.07) is 21.0. The van der Waals surface area contributed by atoms with Crippen LogP contribution in [0.3, 0.4) is 0 Å². The lowest BCUT2D eigenvalue weighted by Gasteiger charge is -2.08. The molecule has 0 unspecified atom stereocenters. The third-order valence-electron chi connectivity index (χ3n) is 8.36. The lowest BCUT2D eigenvalue weighted by atomic mass is 10.2. The Bertz CT molecular complexity index is 2050. The number of carbonyl (C=O) groups excluding carboxylic acids is 8.